The number of benzene rings is 1. The molecular weight excluding hydrogens is 212 g/mol. The molecule has 17 heavy (non-hydrogen) atoms. The summed E-state index contributed by atoms with van der Waals surface area (Å²) in [6.07, 6.45) is 6.61. The van der Waals surface area contributed by atoms with E-state index in [4.69, 9.17) is 5.11 Å². The van der Waals surface area contributed by atoms with Crippen molar-refractivity contribution in [2.24, 2.45) is 0 Å². The summed E-state index contributed by atoms with van der Waals surface area (Å²) in [5, 5.41) is 19.1. The van der Waals surface area contributed by atoms with E-state index in [0.717, 1.165) is 5.56 Å². The summed E-state index contributed by atoms with van der Waals surface area (Å²) in [7, 11) is 0. The van der Waals surface area contributed by atoms with E-state index in [9.17, 15) is 5.11 Å². The van der Waals surface area contributed by atoms with Crippen molar-refractivity contribution in [3.63, 3.8) is 0 Å². The first kappa shape index (κ1) is 12.6. The molecule has 1 aliphatic carbocycles. The molecule has 94 valence electrons. The molecule has 0 aromatic heterocycles. The van der Waals surface area contributed by atoms with Gasteiger partial charge in [-0.3, -0.25) is 0 Å². The van der Waals surface area contributed by atoms with Crippen LogP contribution in [-0.2, 0) is 5.60 Å². The molecule has 0 saturated heterocycles. The lowest BCUT2D eigenvalue weighted by atomic mass is 9.83. The van der Waals surface area contributed by atoms with Gasteiger partial charge in [-0.2, -0.15) is 0 Å². The molecule has 1 unspecified atom stereocenters. The minimum Gasteiger partial charge on any atom is -0.393 e. The van der Waals surface area contributed by atoms with E-state index in [0.29, 0.717) is 5.92 Å². The van der Waals surface area contributed by atoms with Crippen LogP contribution in [0.2, 0.25) is 0 Å². The maximum absolute atomic E-state index is 9.95. The number of rotatable bonds is 3. The van der Waals surface area contributed by atoms with Crippen molar-refractivity contribution in [2.45, 2.75) is 50.5 Å². The predicted molar refractivity (Wildman–Crippen MR) is 68.9 cm³/mol. The van der Waals surface area contributed by atoms with Gasteiger partial charge in [-0.25, -0.2) is 0 Å². The Morgan fingerprint density at radius 1 is 1.12 bits per heavy atom. The zero-order chi connectivity index (χ0) is 12.3. The van der Waals surface area contributed by atoms with Gasteiger partial charge < -0.3 is 10.2 Å². The summed E-state index contributed by atoms with van der Waals surface area (Å²) < 4.78 is 0. The highest BCUT2D eigenvalue weighted by atomic mass is 16.3. The van der Waals surface area contributed by atoms with Gasteiger partial charge in [0, 0.05) is 0 Å². The molecular formula is C15H22O2. The van der Waals surface area contributed by atoms with Crippen LogP contribution >= 0.6 is 0 Å². The highest BCUT2D eigenvalue weighted by Crippen LogP contribution is 2.33. The van der Waals surface area contributed by atoms with Gasteiger partial charge in [0.2, 0.25) is 0 Å². The SMILES string of the molecule is CC(O)(CO)c1ccc(C2CCCCC2)cc1. The lowest BCUT2D eigenvalue weighted by molar-refractivity contribution is -0.00229. The van der Waals surface area contributed by atoms with Gasteiger partial charge in [0.15, 0.2) is 0 Å². The van der Waals surface area contributed by atoms with Crippen molar-refractivity contribution in [2.75, 3.05) is 6.61 Å². The Hall–Kier alpha value is -0.860. The number of aliphatic hydroxyl groups excluding tert-OH is 1. The number of hydrogen-bond acceptors (Lipinski definition) is 2. The first-order chi connectivity index (χ1) is 8.13. The summed E-state index contributed by atoms with van der Waals surface area (Å²) in [5.74, 6) is 0.692. The molecule has 0 heterocycles. The molecule has 0 amide bonds. The van der Waals surface area contributed by atoms with E-state index in [1.54, 1.807) is 6.92 Å². The van der Waals surface area contributed by atoms with Crippen molar-refractivity contribution in [3.8, 4) is 0 Å². The third kappa shape index (κ3) is 2.88. The fraction of sp³-hybridized carbons (Fsp3) is 0.600. The van der Waals surface area contributed by atoms with Crippen LogP contribution in [-0.4, -0.2) is 16.8 Å². The number of hydrogen-bond donors (Lipinski definition) is 2. The maximum atomic E-state index is 9.95. The summed E-state index contributed by atoms with van der Waals surface area (Å²) in [4.78, 5) is 0. The van der Waals surface area contributed by atoms with Crippen molar-refractivity contribution < 1.29 is 10.2 Å². The minimum atomic E-state index is -1.12. The van der Waals surface area contributed by atoms with Crippen molar-refractivity contribution in [1.29, 1.82) is 0 Å². The van der Waals surface area contributed by atoms with Crippen molar-refractivity contribution in [3.05, 3.63) is 35.4 Å². The Kier molecular flexibility index (Phi) is 3.85. The molecule has 1 atom stereocenters. The molecule has 2 nitrogen and oxygen atoms in total. The van der Waals surface area contributed by atoms with Crippen molar-refractivity contribution in [1.82, 2.24) is 0 Å². The van der Waals surface area contributed by atoms with Gasteiger partial charge in [0.05, 0.1) is 6.61 Å². The van der Waals surface area contributed by atoms with Crippen LogP contribution in [0.5, 0.6) is 0 Å². The molecule has 1 saturated carbocycles. The second-order valence-corrected chi connectivity index (χ2v) is 5.39. The number of aliphatic hydroxyl groups is 2. The standard InChI is InChI=1S/C15H22O2/c1-15(17,11-16)14-9-7-13(8-10-14)12-5-3-2-4-6-12/h7-10,12,16-17H,2-6,11H2,1H3. The lowest BCUT2D eigenvalue weighted by Gasteiger charge is -2.24. The van der Waals surface area contributed by atoms with Crippen LogP contribution in [0.4, 0.5) is 0 Å². The zero-order valence-electron chi connectivity index (χ0n) is 10.5. The van der Waals surface area contributed by atoms with Crippen LogP contribution in [0.15, 0.2) is 24.3 Å². The van der Waals surface area contributed by atoms with Crippen LogP contribution in [0.3, 0.4) is 0 Å². The highest BCUT2D eigenvalue weighted by Gasteiger charge is 2.22. The first-order valence-corrected chi connectivity index (χ1v) is 6.57. The van der Waals surface area contributed by atoms with Crippen LogP contribution in [0.25, 0.3) is 0 Å². The Morgan fingerprint density at radius 2 is 1.71 bits per heavy atom. The molecule has 1 aromatic rings. The fourth-order valence-electron chi connectivity index (χ4n) is 2.64. The van der Waals surface area contributed by atoms with E-state index in [1.165, 1.54) is 37.7 Å². The van der Waals surface area contributed by atoms with Gasteiger partial charge in [-0.05, 0) is 36.8 Å². The van der Waals surface area contributed by atoms with Gasteiger partial charge >= 0.3 is 0 Å². The molecule has 0 bridgehead atoms. The highest BCUT2D eigenvalue weighted by molar-refractivity contribution is 5.29. The van der Waals surface area contributed by atoms with E-state index < -0.39 is 5.60 Å². The topological polar surface area (TPSA) is 40.5 Å². The van der Waals surface area contributed by atoms with Gasteiger partial charge in [-0.15, -0.1) is 0 Å². The minimum absolute atomic E-state index is 0.240. The fourth-order valence-corrected chi connectivity index (χ4v) is 2.64. The van der Waals surface area contributed by atoms with Crippen LogP contribution in [0.1, 0.15) is 56.1 Å². The van der Waals surface area contributed by atoms with Gasteiger partial charge in [0.1, 0.15) is 5.60 Å². The molecule has 1 aromatic carbocycles. The largest absolute Gasteiger partial charge is 0.393 e. The summed E-state index contributed by atoms with van der Waals surface area (Å²) in [6, 6.07) is 8.10. The van der Waals surface area contributed by atoms with E-state index in [-0.39, 0.29) is 6.61 Å². The Morgan fingerprint density at radius 3 is 2.24 bits per heavy atom. The monoisotopic (exact) mass is 234 g/mol. The molecule has 2 N–H and O–H groups in total. The zero-order valence-corrected chi connectivity index (χ0v) is 10.5. The van der Waals surface area contributed by atoms with E-state index in [2.05, 4.69) is 12.1 Å². The molecule has 0 radical (unpaired) electrons. The summed E-state index contributed by atoms with van der Waals surface area (Å²) in [5.41, 5.74) is 1.05. The maximum Gasteiger partial charge on any atom is 0.110 e. The molecule has 2 heteroatoms. The van der Waals surface area contributed by atoms with E-state index in [1.807, 2.05) is 12.1 Å². The Labute approximate surface area is 103 Å². The quantitative estimate of drug-likeness (QED) is 0.844. The molecule has 2 rings (SSSR count). The summed E-state index contributed by atoms with van der Waals surface area (Å²) >= 11 is 0. The second kappa shape index (κ2) is 5.19. The molecule has 0 aliphatic heterocycles. The second-order valence-electron chi connectivity index (χ2n) is 5.39. The third-order valence-electron chi connectivity index (χ3n) is 3.92. The van der Waals surface area contributed by atoms with Crippen molar-refractivity contribution >= 4 is 0 Å². The van der Waals surface area contributed by atoms with Gasteiger partial charge in [0.25, 0.3) is 0 Å². The van der Waals surface area contributed by atoms with Crippen LogP contribution < -0.4 is 0 Å². The predicted octanol–water partition coefficient (Wildman–Crippen LogP) is 2.93. The lowest BCUT2D eigenvalue weighted by Crippen LogP contribution is -2.25. The Balaban J connectivity index is 2.12. The normalized spacial score (nSPS) is 21.1. The third-order valence-corrected chi connectivity index (χ3v) is 3.92. The van der Waals surface area contributed by atoms with E-state index >= 15 is 0 Å². The average molecular weight is 234 g/mol. The molecule has 0 spiro atoms. The van der Waals surface area contributed by atoms with Crippen LogP contribution in [0, 0.1) is 0 Å². The average Bonchev–Trinajstić information content (AvgIpc) is 2.40. The molecule has 1 aliphatic rings. The first-order valence-electron chi connectivity index (χ1n) is 6.57. The van der Waals surface area contributed by atoms with Gasteiger partial charge in [-0.1, -0.05) is 43.5 Å². The Bertz CT molecular complexity index is 348. The molecule has 1 fully saturated rings. The smallest absolute Gasteiger partial charge is 0.110 e. The summed E-state index contributed by atoms with van der Waals surface area (Å²) in [6.45, 7) is 1.40.